The largest absolute Gasteiger partial charge is 0.311 e. The monoisotopic (exact) mass is 750 g/mol. The van der Waals surface area contributed by atoms with Crippen LogP contribution < -0.4 is 4.90 Å². The molecule has 1 heterocycles. The van der Waals surface area contributed by atoms with Gasteiger partial charge in [0.1, 0.15) is 0 Å². The molecule has 0 saturated heterocycles. The van der Waals surface area contributed by atoms with Crippen LogP contribution in [-0.4, -0.2) is 4.57 Å². The predicted octanol–water partition coefficient (Wildman–Crippen LogP) is 15.9. The highest BCUT2D eigenvalue weighted by molar-refractivity contribution is 6.09. The summed E-state index contributed by atoms with van der Waals surface area (Å²) in [5, 5.41) is 2.72. The second-order valence-corrected chi connectivity index (χ2v) is 15.5. The molecule has 0 fully saturated rings. The number of hydrogen-bond donors (Lipinski definition) is 0. The van der Waals surface area contributed by atoms with Gasteiger partial charge in [0.05, 0.1) is 11.0 Å². The molecule has 0 aliphatic carbocycles. The lowest BCUT2D eigenvalue weighted by Gasteiger charge is -2.26. The van der Waals surface area contributed by atoms with Crippen LogP contribution in [0.25, 0.3) is 60.9 Å². The summed E-state index contributed by atoms with van der Waals surface area (Å²) in [5.74, 6) is 0. The van der Waals surface area contributed by atoms with Crippen molar-refractivity contribution < 1.29 is 0 Å². The first-order chi connectivity index (χ1) is 28.7. The zero-order valence-corrected chi connectivity index (χ0v) is 33.6. The van der Waals surface area contributed by atoms with E-state index >= 15 is 0 Å². The van der Waals surface area contributed by atoms with Crippen LogP contribution in [-0.2, 0) is 12.8 Å². The van der Waals surface area contributed by atoms with E-state index in [9.17, 15) is 0 Å². The van der Waals surface area contributed by atoms with E-state index in [1.165, 1.54) is 97.7 Å². The van der Waals surface area contributed by atoms with Crippen LogP contribution >= 0.6 is 0 Å². The lowest BCUT2D eigenvalue weighted by Crippen LogP contribution is -2.09. The summed E-state index contributed by atoms with van der Waals surface area (Å²) in [6.07, 6.45) is 7.13. The molecule has 0 saturated carbocycles. The number of anilines is 3. The molecule has 0 unspecified atom stereocenters. The summed E-state index contributed by atoms with van der Waals surface area (Å²) in [5.41, 5.74) is 17.2. The van der Waals surface area contributed by atoms with Gasteiger partial charge in [-0.3, -0.25) is 0 Å². The minimum Gasteiger partial charge on any atom is -0.311 e. The Morgan fingerprint density at radius 3 is 1.16 bits per heavy atom. The second-order valence-electron chi connectivity index (χ2n) is 15.5. The van der Waals surface area contributed by atoms with Crippen LogP contribution in [0.15, 0.2) is 194 Å². The van der Waals surface area contributed by atoms with Crippen LogP contribution in [0.1, 0.15) is 50.7 Å². The van der Waals surface area contributed by atoms with Gasteiger partial charge < -0.3 is 9.47 Å². The second kappa shape index (κ2) is 16.8. The maximum atomic E-state index is 2.45. The smallest absolute Gasteiger partial charge is 0.0541 e. The maximum absolute atomic E-state index is 2.45. The molecule has 9 aromatic rings. The molecule has 0 N–H and O–H groups in total. The molecule has 2 nitrogen and oxygen atoms in total. The standard InChI is InChI=1S/C56H50N2/c1-3-5-13-41-19-37-55-53(39-41)54-40-42(14-6-4-2)20-38-56(54)58(55)52-35-29-48(30-36-52)45-23-21-44(22-24-45)47-27-33-51(34-28-47)57(49-17-11-8-12-18-49)50-31-25-46(26-32-50)43-15-9-7-10-16-43/h7-12,15-40H,3-6,13-14H2,1-2H3. The van der Waals surface area contributed by atoms with Gasteiger partial charge in [-0.25, -0.2) is 0 Å². The van der Waals surface area contributed by atoms with Crippen LogP contribution in [0.3, 0.4) is 0 Å². The topological polar surface area (TPSA) is 8.17 Å². The fourth-order valence-corrected chi connectivity index (χ4v) is 8.39. The lowest BCUT2D eigenvalue weighted by molar-refractivity contribution is 0.795. The van der Waals surface area contributed by atoms with Gasteiger partial charge in [0.2, 0.25) is 0 Å². The van der Waals surface area contributed by atoms with Gasteiger partial charge in [-0.15, -0.1) is 0 Å². The van der Waals surface area contributed by atoms with E-state index in [1.54, 1.807) is 0 Å². The summed E-state index contributed by atoms with van der Waals surface area (Å²) >= 11 is 0. The van der Waals surface area contributed by atoms with Crippen molar-refractivity contribution in [1.29, 1.82) is 0 Å². The molecule has 0 radical (unpaired) electrons. The number of unbranched alkanes of at least 4 members (excludes halogenated alkanes) is 2. The highest BCUT2D eigenvalue weighted by atomic mass is 15.1. The maximum Gasteiger partial charge on any atom is 0.0541 e. The molecule has 0 atom stereocenters. The molecule has 0 aliphatic heterocycles. The zero-order valence-electron chi connectivity index (χ0n) is 33.6. The molecule has 0 spiro atoms. The van der Waals surface area contributed by atoms with Gasteiger partial charge in [-0.05, 0) is 143 Å². The van der Waals surface area contributed by atoms with Crippen molar-refractivity contribution in [3.05, 3.63) is 205 Å². The van der Waals surface area contributed by atoms with E-state index in [-0.39, 0.29) is 0 Å². The first kappa shape index (κ1) is 37.0. The quantitative estimate of drug-likeness (QED) is 0.114. The number of para-hydroxylation sites is 1. The highest BCUT2D eigenvalue weighted by Gasteiger charge is 2.16. The minimum atomic E-state index is 1.12. The van der Waals surface area contributed by atoms with Gasteiger partial charge in [-0.2, -0.15) is 0 Å². The van der Waals surface area contributed by atoms with E-state index in [2.05, 4.69) is 217 Å². The van der Waals surface area contributed by atoms with Crippen LogP contribution in [0.2, 0.25) is 0 Å². The van der Waals surface area contributed by atoms with Crippen molar-refractivity contribution in [3.8, 4) is 39.1 Å². The van der Waals surface area contributed by atoms with E-state index in [4.69, 9.17) is 0 Å². The van der Waals surface area contributed by atoms with Crippen molar-refractivity contribution in [3.63, 3.8) is 0 Å². The summed E-state index contributed by atoms with van der Waals surface area (Å²) in [6, 6.07) is 71.3. The Hall–Kier alpha value is -6.64. The number of hydrogen-bond acceptors (Lipinski definition) is 1. The fourth-order valence-electron chi connectivity index (χ4n) is 8.39. The summed E-state index contributed by atoms with van der Waals surface area (Å²) in [6.45, 7) is 4.55. The van der Waals surface area contributed by atoms with Crippen LogP contribution in [0.4, 0.5) is 17.1 Å². The first-order valence-corrected chi connectivity index (χ1v) is 21.0. The van der Waals surface area contributed by atoms with Gasteiger partial charge in [0.25, 0.3) is 0 Å². The predicted molar refractivity (Wildman–Crippen MR) is 249 cm³/mol. The van der Waals surface area contributed by atoms with E-state index in [1.807, 2.05) is 0 Å². The number of rotatable bonds is 13. The molecule has 284 valence electrons. The molecule has 8 aromatic carbocycles. The van der Waals surface area contributed by atoms with E-state index in [0.717, 1.165) is 29.9 Å². The molecule has 1 aromatic heterocycles. The molecular weight excluding hydrogens is 701 g/mol. The van der Waals surface area contributed by atoms with Gasteiger partial charge in [0.15, 0.2) is 0 Å². The van der Waals surface area contributed by atoms with Crippen molar-refractivity contribution in [2.24, 2.45) is 0 Å². The van der Waals surface area contributed by atoms with E-state index in [0.29, 0.717) is 0 Å². The van der Waals surface area contributed by atoms with Crippen molar-refractivity contribution in [2.45, 2.75) is 52.4 Å². The third-order valence-corrected chi connectivity index (χ3v) is 11.6. The number of aryl methyl sites for hydroxylation is 2. The number of fused-ring (bicyclic) bond motifs is 3. The third-order valence-electron chi connectivity index (χ3n) is 11.6. The molecule has 2 heteroatoms. The average Bonchev–Trinajstić information content (AvgIpc) is 3.62. The number of aromatic nitrogens is 1. The molecule has 58 heavy (non-hydrogen) atoms. The Morgan fingerprint density at radius 2 is 0.724 bits per heavy atom. The van der Waals surface area contributed by atoms with Gasteiger partial charge in [0, 0.05) is 33.5 Å². The molecule has 0 bridgehead atoms. The lowest BCUT2D eigenvalue weighted by atomic mass is 9.99. The summed E-state index contributed by atoms with van der Waals surface area (Å²) < 4.78 is 2.45. The number of benzene rings is 8. The third kappa shape index (κ3) is 7.59. The van der Waals surface area contributed by atoms with Crippen LogP contribution in [0, 0.1) is 0 Å². The Bertz CT molecular complexity index is 2680. The fraction of sp³-hybridized carbons (Fsp3) is 0.143. The van der Waals surface area contributed by atoms with E-state index < -0.39 is 0 Å². The van der Waals surface area contributed by atoms with Crippen molar-refractivity contribution in [2.75, 3.05) is 4.90 Å². The van der Waals surface area contributed by atoms with Crippen LogP contribution in [0.5, 0.6) is 0 Å². The zero-order chi connectivity index (χ0) is 39.3. The van der Waals surface area contributed by atoms with Gasteiger partial charge in [-0.1, -0.05) is 148 Å². The Kier molecular flexibility index (Phi) is 10.7. The summed E-state index contributed by atoms with van der Waals surface area (Å²) in [4.78, 5) is 2.32. The first-order valence-electron chi connectivity index (χ1n) is 21.0. The van der Waals surface area contributed by atoms with Crippen molar-refractivity contribution in [1.82, 2.24) is 4.57 Å². The Labute approximate surface area is 343 Å². The van der Waals surface area contributed by atoms with Crippen molar-refractivity contribution >= 4 is 38.9 Å². The molecule has 0 aliphatic rings. The Balaban J connectivity index is 0.968. The highest BCUT2D eigenvalue weighted by Crippen LogP contribution is 2.38. The van der Waals surface area contributed by atoms with Gasteiger partial charge >= 0.3 is 0 Å². The Morgan fingerprint density at radius 1 is 0.362 bits per heavy atom. The minimum absolute atomic E-state index is 1.12. The number of nitrogens with zero attached hydrogens (tertiary/aromatic N) is 2. The molecule has 9 rings (SSSR count). The summed E-state index contributed by atoms with van der Waals surface area (Å²) in [7, 11) is 0. The average molecular weight is 751 g/mol. The molecular formula is C56H50N2. The SMILES string of the molecule is CCCCc1ccc2c(c1)c1cc(CCCC)ccc1n2-c1ccc(-c2ccc(-c3ccc(N(c4ccccc4)c4ccc(-c5ccccc5)cc4)cc3)cc2)cc1. The molecule has 0 amide bonds. The normalized spacial score (nSPS) is 11.3.